The molecular formula is C10H18N4O3. The second-order valence-corrected chi connectivity index (χ2v) is 4.13. The lowest BCUT2D eigenvalue weighted by Crippen LogP contribution is -2.60. The Hall–Kier alpha value is -1.47. The highest BCUT2D eigenvalue weighted by Gasteiger charge is 2.35. The van der Waals surface area contributed by atoms with Crippen molar-refractivity contribution in [2.75, 3.05) is 6.54 Å². The van der Waals surface area contributed by atoms with Gasteiger partial charge in [-0.1, -0.05) is 6.92 Å². The Labute approximate surface area is 99.7 Å². The van der Waals surface area contributed by atoms with Gasteiger partial charge >= 0.3 is 0 Å². The third-order valence-corrected chi connectivity index (χ3v) is 2.89. The number of nitrogens with two attached hydrogens (primary N) is 1. The molecule has 0 radical (unpaired) electrons. The Morgan fingerprint density at radius 1 is 1.65 bits per heavy atom. The maximum atomic E-state index is 11.6. The first kappa shape index (κ1) is 13.6. The van der Waals surface area contributed by atoms with Gasteiger partial charge in [0.1, 0.15) is 0 Å². The summed E-state index contributed by atoms with van der Waals surface area (Å²) in [6.07, 6.45) is 0.751. The van der Waals surface area contributed by atoms with E-state index in [9.17, 15) is 14.4 Å². The zero-order valence-corrected chi connectivity index (χ0v) is 10.0. The van der Waals surface area contributed by atoms with Crippen LogP contribution in [0.25, 0.3) is 0 Å². The van der Waals surface area contributed by atoms with Crippen LogP contribution in [0.5, 0.6) is 0 Å². The molecule has 0 aromatic heterocycles. The van der Waals surface area contributed by atoms with E-state index < -0.39 is 0 Å². The highest BCUT2D eigenvalue weighted by molar-refractivity contribution is 6.01. The lowest BCUT2D eigenvalue weighted by molar-refractivity contribution is -0.142. The largest absolute Gasteiger partial charge is 0.294 e. The zero-order chi connectivity index (χ0) is 13.0. The topological polar surface area (TPSA) is 105 Å². The average molecular weight is 242 g/mol. The molecule has 1 saturated heterocycles. The van der Waals surface area contributed by atoms with Crippen molar-refractivity contribution in [2.24, 2.45) is 5.84 Å². The van der Waals surface area contributed by atoms with Crippen LogP contribution in [0.1, 0.15) is 26.7 Å². The van der Waals surface area contributed by atoms with E-state index in [1.54, 1.807) is 11.8 Å². The average Bonchev–Trinajstić information content (AvgIpc) is 2.27. The molecule has 1 heterocycles. The molecule has 1 aliphatic heterocycles. The van der Waals surface area contributed by atoms with Gasteiger partial charge in [-0.05, 0) is 13.3 Å². The summed E-state index contributed by atoms with van der Waals surface area (Å²) in [5.74, 6) is 4.06. The maximum absolute atomic E-state index is 11.6. The smallest absolute Gasteiger partial charge is 0.243 e. The van der Waals surface area contributed by atoms with Crippen LogP contribution in [0, 0.1) is 0 Å². The van der Waals surface area contributed by atoms with Crippen LogP contribution in [0.15, 0.2) is 0 Å². The Bertz CT molecular complexity index is 332. The van der Waals surface area contributed by atoms with E-state index >= 15 is 0 Å². The summed E-state index contributed by atoms with van der Waals surface area (Å²) in [6, 6.07) is -0.577. The number of carbonyl (C=O) groups excluding carboxylic acids is 3. The van der Waals surface area contributed by atoms with Gasteiger partial charge in [0.05, 0.1) is 12.6 Å². The Morgan fingerprint density at radius 2 is 2.29 bits per heavy atom. The van der Waals surface area contributed by atoms with E-state index in [0.717, 1.165) is 0 Å². The number of piperazine rings is 1. The first-order chi connectivity index (χ1) is 7.99. The molecule has 1 aliphatic rings. The Kier molecular flexibility index (Phi) is 4.59. The van der Waals surface area contributed by atoms with Crippen molar-refractivity contribution in [3.63, 3.8) is 0 Å². The minimum atomic E-state index is -0.367. The van der Waals surface area contributed by atoms with Crippen LogP contribution in [-0.2, 0) is 14.4 Å². The molecule has 7 heteroatoms. The molecule has 0 aromatic carbocycles. The lowest BCUT2D eigenvalue weighted by Gasteiger charge is -2.37. The molecule has 17 heavy (non-hydrogen) atoms. The van der Waals surface area contributed by atoms with E-state index in [-0.39, 0.29) is 42.8 Å². The quantitative estimate of drug-likeness (QED) is 0.241. The fraction of sp³-hybridized carbons (Fsp3) is 0.700. The number of rotatable bonds is 4. The highest BCUT2D eigenvalue weighted by Crippen LogP contribution is 2.15. The normalized spacial score (nSPS) is 23.1. The van der Waals surface area contributed by atoms with Crippen LogP contribution in [0.2, 0.25) is 0 Å². The van der Waals surface area contributed by atoms with E-state index in [4.69, 9.17) is 5.84 Å². The van der Waals surface area contributed by atoms with Crippen LogP contribution in [-0.4, -0.2) is 41.2 Å². The Balaban J connectivity index is 2.73. The predicted molar refractivity (Wildman–Crippen MR) is 60.3 cm³/mol. The molecule has 0 aromatic rings. The molecule has 2 atom stereocenters. The molecule has 3 amide bonds. The predicted octanol–water partition coefficient (Wildman–Crippen LogP) is -1.51. The van der Waals surface area contributed by atoms with Gasteiger partial charge in [0, 0.05) is 12.5 Å². The summed E-state index contributed by atoms with van der Waals surface area (Å²) in [5, 5.41) is 2.29. The van der Waals surface area contributed by atoms with Crippen LogP contribution < -0.4 is 16.6 Å². The molecule has 0 bridgehead atoms. The van der Waals surface area contributed by atoms with Crippen molar-refractivity contribution >= 4 is 17.7 Å². The fourth-order valence-corrected chi connectivity index (χ4v) is 2.01. The first-order valence-electron chi connectivity index (χ1n) is 5.58. The molecule has 1 fully saturated rings. The van der Waals surface area contributed by atoms with Crippen molar-refractivity contribution in [2.45, 2.75) is 38.8 Å². The number of amides is 3. The van der Waals surface area contributed by atoms with Crippen molar-refractivity contribution in [1.29, 1.82) is 0 Å². The molecule has 96 valence electrons. The summed E-state index contributed by atoms with van der Waals surface area (Å²) >= 11 is 0. The third kappa shape index (κ3) is 3.24. The number of hydrazine groups is 1. The summed E-state index contributed by atoms with van der Waals surface area (Å²) in [6.45, 7) is 3.79. The first-order valence-corrected chi connectivity index (χ1v) is 5.58. The zero-order valence-electron chi connectivity index (χ0n) is 10.0. The number of hydrogen-bond donors (Lipinski definition) is 3. The summed E-state index contributed by atoms with van der Waals surface area (Å²) in [4.78, 5) is 35.8. The van der Waals surface area contributed by atoms with Crippen LogP contribution in [0.3, 0.4) is 0 Å². The molecule has 7 nitrogen and oxygen atoms in total. The maximum Gasteiger partial charge on any atom is 0.243 e. The van der Waals surface area contributed by atoms with Crippen LogP contribution >= 0.6 is 0 Å². The SMILES string of the molecule is CCC1C(=O)NC(=O)CN1C(C)CC(=O)NN. The molecule has 1 rings (SSSR count). The van der Waals surface area contributed by atoms with Gasteiger partial charge in [-0.25, -0.2) is 5.84 Å². The lowest BCUT2D eigenvalue weighted by atomic mass is 10.0. The standard InChI is InChI=1S/C10H18N4O3/c1-3-7-10(17)12-9(16)5-14(7)6(2)4-8(15)13-11/h6-7H,3-5,11H2,1-2H3,(H,13,15)(H,12,16,17). The fourth-order valence-electron chi connectivity index (χ4n) is 2.01. The number of imide groups is 1. The molecule has 4 N–H and O–H groups in total. The van der Waals surface area contributed by atoms with Gasteiger partial charge in [0.2, 0.25) is 17.7 Å². The third-order valence-electron chi connectivity index (χ3n) is 2.89. The molecular weight excluding hydrogens is 224 g/mol. The van der Waals surface area contributed by atoms with Gasteiger partial charge in [-0.15, -0.1) is 0 Å². The Morgan fingerprint density at radius 3 is 2.82 bits per heavy atom. The van der Waals surface area contributed by atoms with Crippen molar-refractivity contribution in [3.8, 4) is 0 Å². The van der Waals surface area contributed by atoms with Crippen LogP contribution in [0.4, 0.5) is 0 Å². The minimum Gasteiger partial charge on any atom is -0.294 e. The van der Waals surface area contributed by atoms with Crippen molar-refractivity contribution in [3.05, 3.63) is 0 Å². The van der Waals surface area contributed by atoms with Gasteiger partial charge in [0.15, 0.2) is 0 Å². The van der Waals surface area contributed by atoms with E-state index in [0.29, 0.717) is 6.42 Å². The van der Waals surface area contributed by atoms with Gasteiger partial charge in [-0.2, -0.15) is 0 Å². The van der Waals surface area contributed by atoms with Crippen molar-refractivity contribution < 1.29 is 14.4 Å². The second kappa shape index (κ2) is 5.74. The monoisotopic (exact) mass is 242 g/mol. The number of nitrogens with one attached hydrogen (secondary N) is 2. The van der Waals surface area contributed by atoms with Gasteiger partial charge in [0.25, 0.3) is 0 Å². The molecule has 2 unspecified atom stereocenters. The highest BCUT2D eigenvalue weighted by atomic mass is 16.2. The van der Waals surface area contributed by atoms with E-state index in [2.05, 4.69) is 5.32 Å². The summed E-state index contributed by atoms with van der Waals surface area (Å²) in [7, 11) is 0. The minimum absolute atomic E-state index is 0.128. The summed E-state index contributed by atoms with van der Waals surface area (Å²) in [5.41, 5.74) is 2.04. The number of nitrogens with zero attached hydrogens (tertiary/aromatic N) is 1. The molecule has 0 saturated carbocycles. The summed E-state index contributed by atoms with van der Waals surface area (Å²) < 4.78 is 0. The van der Waals surface area contributed by atoms with Gasteiger partial charge < -0.3 is 0 Å². The van der Waals surface area contributed by atoms with Crippen molar-refractivity contribution in [1.82, 2.24) is 15.6 Å². The number of carbonyl (C=O) groups is 3. The van der Waals surface area contributed by atoms with E-state index in [1.807, 2.05) is 12.3 Å². The van der Waals surface area contributed by atoms with Gasteiger partial charge in [-0.3, -0.25) is 30.0 Å². The molecule has 0 spiro atoms. The second-order valence-electron chi connectivity index (χ2n) is 4.13. The number of hydrogen-bond acceptors (Lipinski definition) is 5. The van der Waals surface area contributed by atoms with E-state index in [1.165, 1.54) is 0 Å². The molecule has 0 aliphatic carbocycles.